The highest BCUT2D eigenvalue weighted by Crippen LogP contribution is 2.29. The zero-order valence-electron chi connectivity index (χ0n) is 25.6. The van der Waals surface area contributed by atoms with Crippen LogP contribution in [0.2, 0.25) is 0 Å². The van der Waals surface area contributed by atoms with Crippen LogP contribution < -0.4 is 26.0 Å². The largest absolute Gasteiger partial charge is 0.491 e. The Morgan fingerprint density at radius 2 is 1.89 bits per heavy atom. The molecule has 5 amide bonds. The fraction of sp³-hybridized carbons (Fsp3) is 0.375. The molecule has 1 aromatic carbocycles. The molecular weight excluding hydrogens is 596 g/mol. The summed E-state index contributed by atoms with van der Waals surface area (Å²) in [5, 5.41) is 21.0. The lowest BCUT2D eigenvalue weighted by Crippen LogP contribution is -2.57. The smallest absolute Gasteiger partial charge is 0.291 e. The van der Waals surface area contributed by atoms with E-state index >= 15 is 0 Å². The minimum absolute atomic E-state index is 0.0154. The summed E-state index contributed by atoms with van der Waals surface area (Å²) >= 11 is 0. The predicted molar refractivity (Wildman–Crippen MR) is 165 cm³/mol. The molecule has 1 saturated heterocycles. The van der Waals surface area contributed by atoms with Gasteiger partial charge in [-0.25, -0.2) is 0 Å². The molecule has 4 heterocycles. The number of aromatic nitrogens is 1. The highest BCUT2D eigenvalue weighted by Gasteiger charge is 2.41. The van der Waals surface area contributed by atoms with Gasteiger partial charge in [-0.3, -0.25) is 29.0 Å². The Hall–Kier alpha value is -5.24. The number of benzene rings is 1. The van der Waals surface area contributed by atoms with Crippen molar-refractivity contribution in [3.63, 3.8) is 0 Å². The molecule has 14 heteroatoms. The van der Waals surface area contributed by atoms with E-state index in [1.165, 1.54) is 30.2 Å². The molecule has 242 valence electrons. The number of furan rings is 1. The van der Waals surface area contributed by atoms with Crippen molar-refractivity contribution in [1.82, 2.24) is 25.8 Å². The Morgan fingerprint density at radius 1 is 1.09 bits per heavy atom. The quantitative estimate of drug-likeness (QED) is 0.282. The number of ether oxygens (including phenoxy) is 1. The van der Waals surface area contributed by atoms with Crippen LogP contribution in [0.5, 0.6) is 5.75 Å². The molecule has 0 unspecified atom stereocenters. The fourth-order valence-electron chi connectivity index (χ4n) is 5.36. The van der Waals surface area contributed by atoms with Gasteiger partial charge in [0.15, 0.2) is 5.76 Å². The number of hydrogen-bond donors (Lipinski definition) is 5. The normalized spacial score (nSPS) is 22.7. The Kier molecular flexibility index (Phi) is 9.66. The van der Waals surface area contributed by atoms with Crippen molar-refractivity contribution in [2.24, 2.45) is 5.92 Å². The highest BCUT2D eigenvalue weighted by molar-refractivity contribution is 6.03. The minimum atomic E-state index is -1.03. The van der Waals surface area contributed by atoms with Gasteiger partial charge in [0, 0.05) is 24.7 Å². The standard InChI is InChI=1S/C32H36N6O8/c1-17(2)27-31(43)35-18(3)32(44)38-16-21(39)14-23(38)29(41)34-11-12-45-25-7-6-19(13-22(25)28(40)37-27)24-8-9-26(46-24)30(42)36-20-5-4-10-33-15-20/h4-10,13,15,17-18,21,23,27,39H,11-12,14,16H2,1-3H3,(H,34,41)(H,35,43)(H,36,42)(H,37,40)/t18-,21+,23+,27+/m1/s1. The van der Waals surface area contributed by atoms with Crippen molar-refractivity contribution in [2.75, 3.05) is 25.0 Å². The highest BCUT2D eigenvalue weighted by atomic mass is 16.5. The molecule has 46 heavy (non-hydrogen) atoms. The van der Waals surface area contributed by atoms with E-state index in [0.717, 1.165) is 0 Å². The van der Waals surface area contributed by atoms with Crippen LogP contribution in [-0.4, -0.2) is 88.5 Å². The maximum Gasteiger partial charge on any atom is 0.291 e. The van der Waals surface area contributed by atoms with Crippen molar-refractivity contribution in [3.05, 3.63) is 66.2 Å². The number of pyridine rings is 1. The SMILES string of the molecule is CC(C)[C@@H]1NC(=O)c2cc(-c3ccc(C(=O)Nc4cccnc4)o3)ccc2OCCNC(=O)[C@@H]2C[C@H](O)CN2C(=O)[C@@H](C)NC1=O. The molecule has 5 N–H and O–H groups in total. The number of carbonyl (C=O) groups excluding carboxylic acids is 5. The van der Waals surface area contributed by atoms with Gasteiger partial charge in [0.2, 0.25) is 17.7 Å². The van der Waals surface area contributed by atoms with Crippen LogP contribution in [0.3, 0.4) is 0 Å². The number of nitrogens with zero attached hydrogens (tertiary/aromatic N) is 2. The first-order valence-corrected chi connectivity index (χ1v) is 15.0. The lowest BCUT2D eigenvalue weighted by molar-refractivity contribution is -0.141. The Labute approximate surface area is 264 Å². The third-order valence-electron chi connectivity index (χ3n) is 7.75. The van der Waals surface area contributed by atoms with Gasteiger partial charge in [-0.05, 0) is 55.3 Å². The fourth-order valence-corrected chi connectivity index (χ4v) is 5.36. The average molecular weight is 633 g/mol. The second-order valence-corrected chi connectivity index (χ2v) is 11.5. The van der Waals surface area contributed by atoms with Crippen molar-refractivity contribution >= 4 is 35.2 Å². The maximum absolute atomic E-state index is 13.7. The van der Waals surface area contributed by atoms with E-state index in [9.17, 15) is 29.1 Å². The molecule has 0 spiro atoms. The molecule has 0 radical (unpaired) electrons. The molecule has 2 aliphatic rings. The molecule has 4 atom stereocenters. The van der Waals surface area contributed by atoms with Crippen LogP contribution >= 0.6 is 0 Å². The summed E-state index contributed by atoms with van der Waals surface area (Å²) in [7, 11) is 0. The van der Waals surface area contributed by atoms with E-state index in [1.54, 1.807) is 50.4 Å². The predicted octanol–water partition coefficient (Wildman–Crippen LogP) is 1.32. The number of hydrogen-bond acceptors (Lipinski definition) is 9. The molecule has 0 bridgehead atoms. The van der Waals surface area contributed by atoms with Crippen LogP contribution in [0.15, 0.2) is 59.3 Å². The molecule has 1 fully saturated rings. The topological polar surface area (TPSA) is 192 Å². The van der Waals surface area contributed by atoms with Crippen molar-refractivity contribution in [2.45, 2.75) is 51.4 Å². The lowest BCUT2D eigenvalue weighted by atomic mass is 10.0. The van der Waals surface area contributed by atoms with E-state index < -0.39 is 53.8 Å². The summed E-state index contributed by atoms with van der Waals surface area (Å²) in [5.41, 5.74) is 1.04. The second-order valence-electron chi connectivity index (χ2n) is 11.5. The van der Waals surface area contributed by atoms with E-state index in [4.69, 9.17) is 9.15 Å². The van der Waals surface area contributed by atoms with Crippen molar-refractivity contribution < 1.29 is 38.2 Å². The number of aliphatic hydroxyl groups is 1. The zero-order valence-corrected chi connectivity index (χ0v) is 25.6. The third-order valence-corrected chi connectivity index (χ3v) is 7.75. The van der Waals surface area contributed by atoms with Gasteiger partial charge < -0.3 is 40.4 Å². The third kappa shape index (κ3) is 7.18. The van der Waals surface area contributed by atoms with Gasteiger partial charge in [-0.2, -0.15) is 0 Å². The zero-order chi connectivity index (χ0) is 33.0. The van der Waals surface area contributed by atoms with Gasteiger partial charge in [-0.1, -0.05) is 13.8 Å². The van der Waals surface area contributed by atoms with Crippen LogP contribution in [0.1, 0.15) is 48.1 Å². The average Bonchev–Trinajstić information content (AvgIpc) is 3.69. The summed E-state index contributed by atoms with van der Waals surface area (Å²) in [6.07, 6.45) is 2.27. The van der Waals surface area contributed by atoms with Gasteiger partial charge in [-0.15, -0.1) is 0 Å². The van der Waals surface area contributed by atoms with Gasteiger partial charge in [0.1, 0.15) is 36.2 Å². The summed E-state index contributed by atoms with van der Waals surface area (Å²) in [6.45, 7) is 5.00. The monoisotopic (exact) mass is 632 g/mol. The first kappa shape index (κ1) is 32.2. The van der Waals surface area contributed by atoms with Gasteiger partial charge >= 0.3 is 0 Å². The summed E-state index contributed by atoms with van der Waals surface area (Å²) in [5.74, 6) is -2.52. The van der Waals surface area contributed by atoms with E-state index in [-0.39, 0.29) is 49.1 Å². The van der Waals surface area contributed by atoms with Gasteiger partial charge in [0.05, 0.1) is 30.1 Å². The van der Waals surface area contributed by atoms with Crippen LogP contribution in [-0.2, 0) is 14.4 Å². The summed E-state index contributed by atoms with van der Waals surface area (Å²) < 4.78 is 11.7. The van der Waals surface area contributed by atoms with E-state index in [2.05, 4.69) is 26.3 Å². The first-order valence-electron chi connectivity index (χ1n) is 15.0. The van der Waals surface area contributed by atoms with Crippen molar-refractivity contribution in [1.29, 1.82) is 0 Å². The van der Waals surface area contributed by atoms with Crippen LogP contribution in [0.4, 0.5) is 5.69 Å². The molecule has 2 aromatic heterocycles. The maximum atomic E-state index is 13.7. The molecule has 5 rings (SSSR count). The number of anilines is 1. The Morgan fingerprint density at radius 3 is 2.63 bits per heavy atom. The molecule has 0 aliphatic carbocycles. The Bertz CT molecular complexity index is 1620. The number of amides is 5. The summed E-state index contributed by atoms with van der Waals surface area (Å²) in [6, 6.07) is 8.25. The number of rotatable bonds is 4. The summed E-state index contributed by atoms with van der Waals surface area (Å²) in [4.78, 5) is 71.2. The van der Waals surface area contributed by atoms with Crippen LogP contribution in [0.25, 0.3) is 11.3 Å². The van der Waals surface area contributed by atoms with Crippen molar-refractivity contribution in [3.8, 4) is 17.1 Å². The molecule has 3 aromatic rings. The molecule has 2 aliphatic heterocycles. The minimum Gasteiger partial charge on any atom is -0.491 e. The number of aliphatic hydroxyl groups excluding tert-OH is 1. The van der Waals surface area contributed by atoms with Crippen LogP contribution in [0, 0.1) is 5.92 Å². The second kappa shape index (κ2) is 13.8. The number of carbonyl (C=O) groups is 5. The first-order chi connectivity index (χ1) is 22.0. The van der Waals surface area contributed by atoms with E-state index in [1.807, 2.05) is 0 Å². The molecular formula is C32H36N6O8. The van der Waals surface area contributed by atoms with Gasteiger partial charge in [0.25, 0.3) is 11.8 Å². The number of nitrogens with one attached hydrogen (secondary N) is 4. The Balaban J connectivity index is 1.42. The number of fused-ring (bicyclic) bond motifs is 2. The van der Waals surface area contributed by atoms with E-state index in [0.29, 0.717) is 17.0 Å². The molecule has 14 nitrogen and oxygen atoms in total. The lowest BCUT2D eigenvalue weighted by Gasteiger charge is -2.29. The molecule has 0 saturated carbocycles.